The second-order valence-electron chi connectivity index (χ2n) is 5.01. The Labute approximate surface area is 134 Å². The summed E-state index contributed by atoms with van der Waals surface area (Å²) in [6, 6.07) is 5.51. The van der Waals surface area contributed by atoms with E-state index in [4.69, 9.17) is 34.8 Å². The Kier molecular flexibility index (Phi) is 4.90. The molecule has 2 rings (SSSR count). The summed E-state index contributed by atoms with van der Waals surface area (Å²) >= 11 is 18.2. The Morgan fingerprint density at radius 2 is 1.75 bits per heavy atom. The maximum atomic E-state index is 6.25. The SMILES string of the molecule is Cc1nc(Cc2ccc(Cl)c(Cl)c2)nc(Cl)c1C(C)C. The zero-order chi connectivity index (χ0) is 14.9. The molecule has 5 heteroatoms. The predicted molar refractivity (Wildman–Crippen MR) is 85.1 cm³/mol. The monoisotopic (exact) mass is 328 g/mol. The van der Waals surface area contributed by atoms with Gasteiger partial charge in [0.1, 0.15) is 11.0 Å². The van der Waals surface area contributed by atoms with Gasteiger partial charge in [-0.3, -0.25) is 0 Å². The number of hydrogen-bond donors (Lipinski definition) is 0. The van der Waals surface area contributed by atoms with Gasteiger partial charge in [0.05, 0.1) is 10.0 Å². The van der Waals surface area contributed by atoms with Gasteiger partial charge in [0.25, 0.3) is 0 Å². The number of aryl methyl sites for hydroxylation is 1. The molecule has 0 radical (unpaired) electrons. The Hall–Kier alpha value is -0.830. The molecule has 0 saturated heterocycles. The minimum atomic E-state index is 0.307. The number of hydrogen-bond acceptors (Lipinski definition) is 2. The van der Waals surface area contributed by atoms with Crippen molar-refractivity contribution in [1.82, 2.24) is 9.97 Å². The first-order valence-electron chi connectivity index (χ1n) is 6.35. The third-order valence-electron chi connectivity index (χ3n) is 3.06. The standard InChI is InChI=1S/C15H15Cl3N2/c1-8(2)14-9(3)19-13(20-15(14)18)7-10-4-5-11(16)12(17)6-10/h4-6,8H,7H2,1-3H3. The molecule has 1 aromatic carbocycles. The van der Waals surface area contributed by atoms with Crippen LogP contribution in [0.5, 0.6) is 0 Å². The topological polar surface area (TPSA) is 25.8 Å². The molecule has 0 bridgehead atoms. The van der Waals surface area contributed by atoms with E-state index >= 15 is 0 Å². The van der Waals surface area contributed by atoms with Gasteiger partial charge < -0.3 is 0 Å². The normalized spacial score (nSPS) is 11.2. The van der Waals surface area contributed by atoms with Crippen LogP contribution in [0.1, 0.15) is 42.4 Å². The molecule has 20 heavy (non-hydrogen) atoms. The van der Waals surface area contributed by atoms with Crippen LogP contribution in [0.2, 0.25) is 15.2 Å². The van der Waals surface area contributed by atoms with Crippen LogP contribution in [0.15, 0.2) is 18.2 Å². The van der Waals surface area contributed by atoms with E-state index in [1.54, 1.807) is 6.07 Å². The van der Waals surface area contributed by atoms with Crippen molar-refractivity contribution in [3.05, 3.63) is 56.0 Å². The molecule has 1 heterocycles. The summed E-state index contributed by atoms with van der Waals surface area (Å²) in [5.74, 6) is 0.997. The molecule has 0 fully saturated rings. The molecular formula is C15H15Cl3N2. The van der Waals surface area contributed by atoms with Crippen molar-refractivity contribution in [2.24, 2.45) is 0 Å². The fourth-order valence-corrected chi connectivity index (χ4v) is 2.94. The molecule has 0 aliphatic carbocycles. The minimum absolute atomic E-state index is 0.307. The summed E-state index contributed by atoms with van der Waals surface area (Å²) in [5, 5.41) is 1.61. The Balaban J connectivity index is 2.32. The van der Waals surface area contributed by atoms with Crippen LogP contribution in [-0.4, -0.2) is 9.97 Å². The van der Waals surface area contributed by atoms with E-state index in [2.05, 4.69) is 23.8 Å². The summed E-state index contributed by atoms with van der Waals surface area (Å²) in [6.45, 7) is 6.12. The smallest absolute Gasteiger partial charge is 0.136 e. The lowest BCUT2D eigenvalue weighted by Crippen LogP contribution is -2.05. The van der Waals surface area contributed by atoms with Gasteiger partial charge >= 0.3 is 0 Å². The first-order valence-corrected chi connectivity index (χ1v) is 7.48. The lowest BCUT2D eigenvalue weighted by atomic mass is 10.0. The van der Waals surface area contributed by atoms with Gasteiger partial charge in [-0.05, 0) is 30.5 Å². The molecule has 2 nitrogen and oxygen atoms in total. The molecule has 0 spiro atoms. The summed E-state index contributed by atoms with van der Waals surface area (Å²) in [7, 11) is 0. The molecule has 1 aromatic heterocycles. The third-order valence-corrected chi connectivity index (χ3v) is 4.09. The molecule has 0 aliphatic rings. The maximum absolute atomic E-state index is 6.25. The van der Waals surface area contributed by atoms with Gasteiger partial charge in [-0.1, -0.05) is 54.7 Å². The molecule has 2 aromatic rings. The van der Waals surface area contributed by atoms with Gasteiger partial charge in [-0.25, -0.2) is 9.97 Å². The average Bonchev–Trinajstić information content (AvgIpc) is 2.32. The first kappa shape index (κ1) is 15.6. The van der Waals surface area contributed by atoms with Gasteiger partial charge in [0.15, 0.2) is 0 Å². The van der Waals surface area contributed by atoms with Crippen molar-refractivity contribution in [2.45, 2.75) is 33.1 Å². The van der Waals surface area contributed by atoms with Gasteiger partial charge in [0.2, 0.25) is 0 Å². The summed E-state index contributed by atoms with van der Waals surface area (Å²) < 4.78 is 0. The molecule has 0 N–H and O–H groups in total. The average molecular weight is 330 g/mol. The molecule has 0 aliphatic heterocycles. The highest BCUT2D eigenvalue weighted by Gasteiger charge is 2.13. The predicted octanol–water partition coefficient (Wildman–Crippen LogP) is 5.46. The number of nitrogens with zero attached hydrogens (tertiary/aromatic N) is 2. The fraction of sp³-hybridized carbons (Fsp3) is 0.333. The maximum Gasteiger partial charge on any atom is 0.136 e. The van der Waals surface area contributed by atoms with E-state index in [0.717, 1.165) is 16.8 Å². The largest absolute Gasteiger partial charge is 0.237 e. The lowest BCUT2D eigenvalue weighted by Gasteiger charge is -2.12. The highest BCUT2D eigenvalue weighted by Crippen LogP contribution is 2.27. The molecule has 0 unspecified atom stereocenters. The van der Waals surface area contributed by atoms with Crippen LogP contribution in [-0.2, 0) is 6.42 Å². The zero-order valence-corrected chi connectivity index (χ0v) is 13.8. The molecule has 0 amide bonds. The van der Waals surface area contributed by atoms with Crippen LogP contribution in [0, 0.1) is 6.92 Å². The molecule has 106 valence electrons. The first-order chi connectivity index (χ1) is 9.38. The second kappa shape index (κ2) is 6.30. The van der Waals surface area contributed by atoms with Crippen molar-refractivity contribution in [3.63, 3.8) is 0 Å². The van der Waals surface area contributed by atoms with Crippen LogP contribution < -0.4 is 0 Å². The summed E-state index contributed by atoms with van der Waals surface area (Å²) in [5.41, 5.74) is 2.94. The van der Waals surface area contributed by atoms with Gasteiger partial charge in [0, 0.05) is 17.7 Å². The van der Waals surface area contributed by atoms with E-state index < -0.39 is 0 Å². The fourth-order valence-electron chi connectivity index (χ4n) is 2.17. The lowest BCUT2D eigenvalue weighted by molar-refractivity contribution is 0.810. The zero-order valence-electron chi connectivity index (χ0n) is 11.5. The quantitative estimate of drug-likeness (QED) is 0.699. The molecule has 0 atom stereocenters. The van der Waals surface area contributed by atoms with Crippen molar-refractivity contribution in [3.8, 4) is 0 Å². The van der Waals surface area contributed by atoms with Gasteiger partial charge in [-0.15, -0.1) is 0 Å². The highest BCUT2D eigenvalue weighted by molar-refractivity contribution is 6.42. The highest BCUT2D eigenvalue weighted by atomic mass is 35.5. The molecule has 0 saturated carbocycles. The Bertz CT molecular complexity index is 616. The van der Waals surface area contributed by atoms with Gasteiger partial charge in [-0.2, -0.15) is 0 Å². The number of rotatable bonds is 3. The third kappa shape index (κ3) is 3.43. The van der Waals surface area contributed by atoms with Crippen LogP contribution in [0.25, 0.3) is 0 Å². The summed E-state index contributed by atoms with van der Waals surface area (Å²) in [4.78, 5) is 8.91. The number of benzene rings is 1. The van der Waals surface area contributed by atoms with E-state index in [0.29, 0.717) is 33.4 Å². The van der Waals surface area contributed by atoms with Crippen molar-refractivity contribution in [2.75, 3.05) is 0 Å². The Morgan fingerprint density at radius 3 is 2.30 bits per heavy atom. The van der Waals surface area contributed by atoms with E-state index in [1.165, 1.54) is 0 Å². The number of halogens is 3. The Morgan fingerprint density at radius 1 is 1.05 bits per heavy atom. The summed E-state index contributed by atoms with van der Waals surface area (Å²) in [6.07, 6.45) is 0.579. The van der Waals surface area contributed by atoms with E-state index in [1.807, 2.05) is 19.1 Å². The van der Waals surface area contributed by atoms with Crippen molar-refractivity contribution < 1.29 is 0 Å². The number of aromatic nitrogens is 2. The van der Waals surface area contributed by atoms with Crippen LogP contribution >= 0.6 is 34.8 Å². The van der Waals surface area contributed by atoms with Crippen molar-refractivity contribution >= 4 is 34.8 Å². The molecular weight excluding hydrogens is 315 g/mol. The van der Waals surface area contributed by atoms with Crippen molar-refractivity contribution in [1.29, 1.82) is 0 Å². The minimum Gasteiger partial charge on any atom is -0.237 e. The second-order valence-corrected chi connectivity index (χ2v) is 6.18. The van der Waals surface area contributed by atoms with E-state index in [-0.39, 0.29) is 0 Å². The van der Waals surface area contributed by atoms with Crippen LogP contribution in [0.3, 0.4) is 0 Å². The van der Waals surface area contributed by atoms with E-state index in [9.17, 15) is 0 Å². The van der Waals surface area contributed by atoms with Crippen LogP contribution in [0.4, 0.5) is 0 Å².